The summed E-state index contributed by atoms with van der Waals surface area (Å²) >= 11 is 0. The molecule has 0 saturated carbocycles. The van der Waals surface area contributed by atoms with Crippen LogP contribution in [0.4, 0.5) is 0 Å². The van der Waals surface area contributed by atoms with Crippen molar-refractivity contribution in [2.75, 3.05) is 0 Å². The maximum absolute atomic E-state index is 5.53. The summed E-state index contributed by atoms with van der Waals surface area (Å²) < 4.78 is 3.55. The second-order valence-corrected chi connectivity index (χ2v) is 3.03. The van der Waals surface area contributed by atoms with E-state index in [0.717, 1.165) is 18.2 Å². The fraction of sp³-hybridized carbons (Fsp3) is 0.500. The van der Waals surface area contributed by atoms with Gasteiger partial charge in [0.2, 0.25) is 0 Å². The molecule has 7 heteroatoms. The van der Waals surface area contributed by atoms with Crippen LogP contribution in [0.15, 0.2) is 12.7 Å². The van der Waals surface area contributed by atoms with Gasteiger partial charge in [0.1, 0.15) is 30.8 Å². The van der Waals surface area contributed by atoms with Crippen LogP contribution < -0.4 is 5.73 Å². The Balaban J connectivity index is 2.21. The van der Waals surface area contributed by atoms with Crippen molar-refractivity contribution in [2.24, 2.45) is 5.73 Å². The zero-order valence-corrected chi connectivity index (χ0v) is 8.54. The third-order valence-corrected chi connectivity index (χ3v) is 2.16. The minimum Gasteiger partial charge on any atom is -0.324 e. The SMILES string of the molecule is CCn1ncnc1Cn1ncnc1CN. The third kappa shape index (κ3) is 1.86. The molecule has 7 nitrogen and oxygen atoms in total. The molecule has 0 bridgehead atoms. The summed E-state index contributed by atoms with van der Waals surface area (Å²) in [5.74, 6) is 1.61. The molecule has 15 heavy (non-hydrogen) atoms. The van der Waals surface area contributed by atoms with Crippen molar-refractivity contribution in [3.05, 3.63) is 24.3 Å². The van der Waals surface area contributed by atoms with Gasteiger partial charge in [0.15, 0.2) is 0 Å². The fourth-order valence-electron chi connectivity index (χ4n) is 1.39. The Morgan fingerprint density at radius 3 is 2.47 bits per heavy atom. The quantitative estimate of drug-likeness (QED) is 0.723. The molecule has 2 heterocycles. The highest BCUT2D eigenvalue weighted by atomic mass is 15.4. The summed E-state index contributed by atoms with van der Waals surface area (Å²) in [7, 11) is 0. The van der Waals surface area contributed by atoms with Gasteiger partial charge in [-0.15, -0.1) is 0 Å². The number of rotatable bonds is 4. The summed E-state index contributed by atoms with van der Waals surface area (Å²) in [6, 6.07) is 0. The molecule has 2 rings (SSSR count). The van der Waals surface area contributed by atoms with Gasteiger partial charge in [0.05, 0.1) is 6.54 Å². The zero-order valence-electron chi connectivity index (χ0n) is 8.54. The second kappa shape index (κ2) is 4.18. The van der Waals surface area contributed by atoms with E-state index in [0.29, 0.717) is 13.1 Å². The molecular weight excluding hydrogens is 194 g/mol. The highest BCUT2D eigenvalue weighted by Crippen LogP contribution is 2.00. The number of nitrogens with zero attached hydrogens (tertiary/aromatic N) is 6. The van der Waals surface area contributed by atoms with Crippen molar-refractivity contribution in [3.8, 4) is 0 Å². The Hall–Kier alpha value is -1.76. The van der Waals surface area contributed by atoms with E-state index < -0.39 is 0 Å². The summed E-state index contributed by atoms with van der Waals surface area (Å²) in [4.78, 5) is 8.20. The lowest BCUT2D eigenvalue weighted by Crippen LogP contribution is -2.14. The van der Waals surface area contributed by atoms with Crippen molar-refractivity contribution < 1.29 is 0 Å². The van der Waals surface area contributed by atoms with Gasteiger partial charge in [-0.3, -0.25) is 0 Å². The fourth-order valence-corrected chi connectivity index (χ4v) is 1.39. The van der Waals surface area contributed by atoms with E-state index in [4.69, 9.17) is 5.73 Å². The first kappa shape index (κ1) is 9.78. The predicted molar refractivity (Wildman–Crippen MR) is 52.7 cm³/mol. The van der Waals surface area contributed by atoms with Crippen LogP contribution in [0.1, 0.15) is 18.6 Å². The molecule has 0 aromatic carbocycles. The number of hydrogen-bond donors (Lipinski definition) is 1. The molecule has 0 aliphatic carbocycles. The van der Waals surface area contributed by atoms with Gasteiger partial charge in [0.25, 0.3) is 0 Å². The van der Waals surface area contributed by atoms with Gasteiger partial charge in [0, 0.05) is 6.54 Å². The first-order valence-corrected chi connectivity index (χ1v) is 4.78. The van der Waals surface area contributed by atoms with Gasteiger partial charge in [-0.05, 0) is 6.92 Å². The average molecular weight is 207 g/mol. The van der Waals surface area contributed by atoms with Crippen LogP contribution in [0, 0.1) is 0 Å². The van der Waals surface area contributed by atoms with Gasteiger partial charge in [-0.1, -0.05) is 0 Å². The molecule has 0 amide bonds. The molecule has 0 saturated heterocycles. The van der Waals surface area contributed by atoms with Crippen molar-refractivity contribution in [1.29, 1.82) is 0 Å². The van der Waals surface area contributed by atoms with Gasteiger partial charge in [-0.25, -0.2) is 19.3 Å². The maximum atomic E-state index is 5.53. The van der Waals surface area contributed by atoms with Crippen LogP contribution >= 0.6 is 0 Å². The Kier molecular flexibility index (Phi) is 2.72. The van der Waals surface area contributed by atoms with Crippen molar-refractivity contribution in [2.45, 2.75) is 26.6 Å². The maximum Gasteiger partial charge on any atom is 0.148 e. The van der Waals surface area contributed by atoms with Crippen LogP contribution in [0.5, 0.6) is 0 Å². The van der Waals surface area contributed by atoms with Crippen molar-refractivity contribution >= 4 is 0 Å². The molecule has 0 unspecified atom stereocenters. The van der Waals surface area contributed by atoms with Gasteiger partial charge in [-0.2, -0.15) is 10.2 Å². The average Bonchev–Trinajstić information content (AvgIpc) is 2.87. The normalized spacial score (nSPS) is 10.8. The number of aromatic nitrogens is 6. The minimum atomic E-state index is 0.375. The Morgan fingerprint density at radius 2 is 1.80 bits per heavy atom. The van der Waals surface area contributed by atoms with Crippen LogP contribution in [0.2, 0.25) is 0 Å². The van der Waals surface area contributed by atoms with Crippen LogP contribution in [0.25, 0.3) is 0 Å². The number of aryl methyl sites for hydroxylation is 1. The lowest BCUT2D eigenvalue weighted by molar-refractivity contribution is 0.552. The lowest BCUT2D eigenvalue weighted by atomic mass is 10.5. The summed E-state index contributed by atoms with van der Waals surface area (Å²) in [5.41, 5.74) is 5.53. The largest absolute Gasteiger partial charge is 0.324 e. The Labute approximate surface area is 86.9 Å². The Morgan fingerprint density at radius 1 is 1.13 bits per heavy atom. The van der Waals surface area contributed by atoms with Gasteiger partial charge < -0.3 is 5.73 Å². The van der Waals surface area contributed by atoms with E-state index in [1.807, 2.05) is 11.6 Å². The van der Waals surface area contributed by atoms with E-state index >= 15 is 0 Å². The van der Waals surface area contributed by atoms with E-state index in [9.17, 15) is 0 Å². The van der Waals surface area contributed by atoms with Crippen LogP contribution in [-0.4, -0.2) is 29.5 Å². The topological polar surface area (TPSA) is 87.4 Å². The first-order chi connectivity index (χ1) is 7.35. The number of nitrogens with two attached hydrogens (primary N) is 1. The molecule has 0 aliphatic rings. The van der Waals surface area contributed by atoms with Crippen molar-refractivity contribution in [3.63, 3.8) is 0 Å². The van der Waals surface area contributed by atoms with E-state index in [1.165, 1.54) is 12.7 Å². The molecule has 2 N–H and O–H groups in total. The van der Waals surface area contributed by atoms with E-state index in [-0.39, 0.29) is 0 Å². The predicted octanol–water partition coefficient (Wildman–Crippen LogP) is -0.603. The van der Waals surface area contributed by atoms with E-state index in [2.05, 4.69) is 20.2 Å². The molecule has 0 atom stereocenters. The summed E-state index contributed by atoms with van der Waals surface area (Å²) in [6.07, 6.45) is 3.03. The number of hydrogen-bond acceptors (Lipinski definition) is 5. The molecular formula is C8H13N7. The smallest absolute Gasteiger partial charge is 0.148 e. The van der Waals surface area contributed by atoms with Crippen LogP contribution in [-0.2, 0) is 19.6 Å². The summed E-state index contributed by atoms with van der Waals surface area (Å²) in [5, 5.41) is 8.17. The molecule has 80 valence electrons. The second-order valence-electron chi connectivity index (χ2n) is 3.03. The van der Waals surface area contributed by atoms with Gasteiger partial charge >= 0.3 is 0 Å². The third-order valence-electron chi connectivity index (χ3n) is 2.16. The Bertz CT molecular complexity index is 389. The molecule has 0 fully saturated rings. The molecule has 0 spiro atoms. The molecule has 0 aliphatic heterocycles. The minimum absolute atomic E-state index is 0.375. The lowest BCUT2D eigenvalue weighted by Gasteiger charge is -2.04. The van der Waals surface area contributed by atoms with Crippen LogP contribution in [0.3, 0.4) is 0 Å². The monoisotopic (exact) mass is 207 g/mol. The highest BCUT2D eigenvalue weighted by molar-refractivity contribution is 4.90. The zero-order chi connectivity index (χ0) is 10.7. The highest BCUT2D eigenvalue weighted by Gasteiger charge is 2.07. The molecule has 2 aromatic heterocycles. The van der Waals surface area contributed by atoms with E-state index in [1.54, 1.807) is 4.68 Å². The summed E-state index contributed by atoms with van der Waals surface area (Å²) in [6.45, 7) is 3.74. The molecule has 0 radical (unpaired) electrons. The molecule has 2 aromatic rings. The standard InChI is InChI=1S/C8H13N7/c1-2-14-8(11-6-12-14)4-15-7(3-9)10-5-13-15/h5-6H,2-4,9H2,1H3. The first-order valence-electron chi connectivity index (χ1n) is 4.78. The van der Waals surface area contributed by atoms with Crippen molar-refractivity contribution in [1.82, 2.24) is 29.5 Å².